The summed E-state index contributed by atoms with van der Waals surface area (Å²) >= 11 is 3.44. The van der Waals surface area contributed by atoms with Crippen LogP contribution in [0.15, 0.2) is 22.7 Å². The highest BCUT2D eigenvalue weighted by Gasteiger charge is 2.42. The fourth-order valence-corrected chi connectivity index (χ4v) is 3.85. The van der Waals surface area contributed by atoms with Crippen LogP contribution in [0.25, 0.3) is 0 Å². The quantitative estimate of drug-likeness (QED) is 0.781. The first-order chi connectivity index (χ1) is 8.36. The fraction of sp³-hybridized carbons (Fsp3) is 0.462. The maximum absolute atomic E-state index is 9.58. The summed E-state index contributed by atoms with van der Waals surface area (Å²) < 4.78 is 12.7. The van der Waals surface area contributed by atoms with Gasteiger partial charge in [0.2, 0.25) is 0 Å². The van der Waals surface area contributed by atoms with Crippen LogP contribution in [0.4, 0.5) is 0 Å². The van der Waals surface area contributed by atoms with Gasteiger partial charge in [0.1, 0.15) is 6.07 Å². The van der Waals surface area contributed by atoms with E-state index in [-0.39, 0.29) is 0 Å². The van der Waals surface area contributed by atoms with Crippen LogP contribution < -0.4 is 0 Å². The molecule has 0 N–H and O–H groups in total. The van der Waals surface area contributed by atoms with Crippen molar-refractivity contribution in [2.24, 2.45) is 0 Å². The highest BCUT2D eigenvalue weighted by atomic mass is 79.9. The zero-order valence-corrected chi connectivity index (χ0v) is 13.4. The first kappa shape index (κ1) is 13.8. The Kier molecular flexibility index (Phi) is 3.65. The molecule has 1 aliphatic heterocycles. The molecule has 2 rings (SSSR count). The van der Waals surface area contributed by atoms with Gasteiger partial charge in [0, 0.05) is 10.0 Å². The molecule has 0 saturated heterocycles. The van der Waals surface area contributed by atoms with E-state index in [4.69, 9.17) is 9.16 Å². The van der Waals surface area contributed by atoms with E-state index in [1.807, 2.05) is 18.2 Å². The molecule has 1 aliphatic rings. The van der Waals surface area contributed by atoms with Crippen LogP contribution in [0.5, 0.6) is 0 Å². The van der Waals surface area contributed by atoms with E-state index in [1.54, 1.807) is 0 Å². The summed E-state index contributed by atoms with van der Waals surface area (Å²) in [6.07, 6.45) is 0. The van der Waals surface area contributed by atoms with Crippen molar-refractivity contribution in [1.82, 2.24) is 0 Å². The van der Waals surface area contributed by atoms with Gasteiger partial charge in [-0.05, 0) is 37.3 Å². The number of halogens is 1. The van der Waals surface area contributed by atoms with E-state index < -0.39 is 13.9 Å². The van der Waals surface area contributed by atoms with Crippen LogP contribution in [0, 0.1) is 11.3 Å². The minimum absolute atomic E-state index is 0.308. The van der Waals surface area contributed by atoms with Gasteiger partial charge >= 0.3 is 0 Å². The monoisotopic (exact) mass is 325 g/mol. The Morgan fingerprint density at radius 3 is 2.78 bits per heavy atom. The smallest absolute Gasteiger partial charge is 0.194 e. The van der Waals surface area contributed by atoms with Crippen molar-refractivity contribution in [3.8, 4) is 6.07 Å². The van der Waals surface area contributed by atoms with Crippen molar-refractivity contribution in [3.63, 3.8) is 0 Å². The van der Waals surface area contributed by atoms with Crippen molar-refractivity contribution in [2.45, 2.75) is 31.8 Å². The number of benzene rings is 1. The average Bonchev–Trinajstić information content (AvgIpc) is 2.26. The van der Waals surface area contributed by atoms with Gasteiger partial charge in [0.25, 0.3) is 0 Å². The molecule has 0 aromatic heterocycles. The molecule has 1 heterocycles. The van der Waals surface area contributed by atoms with E-state index in [0.29, 0.717) is 13.2 Å². The van der Waals surface area contributed by atoms with Gasteiger partial charge in [-0.25, -0.2) is 0 Å². The van der Waals surface area contributed by atoms with Crippen LogP contribution in [0.2, 0.25) is 19.6 Å². The van der Waals surface area contributed by atoms with E-state index >= 15 is 0 Å². The summed E-state index contributed by atoms with van der Waals surface area (Å²) in [5.41, 5.74) is 1.02. The van der Waals surface area contributed by atoms with Crippen LogP contribution in [0.1, 0.15) is 11.1 Å². The summed E-state index contributed by atoms with van der Waals surface area (Å²) in [5, 5.41) is 9.58. The molecular weight excluding hydrogens is 310 g/mol. The third kappa shape index (κ3) is 2.67. The molecule has 96 valence electrons. The largest absolute Gasteiger partial charge is 0.395 e. The molecule has 0 unspecified atom stereocenters. The fourth-order valence-electron chi connectivity index (χ4n) is 2.18. The summed E-state index contributed by atoms with van der Waals surface area (Å²) in [6, 6.07) is 8.23. The van der Waals surface area contributed by atoms with Crippen LogP contribution in [0.3, 0.4) is 0 Å². The van der Waals surface area contributed by atoms with Gasteiger partial charge in [-0.2, -0.15) is 5.26 Å². The topological polar surface area (TPSA) is 42.2 Å². The maximum Gasteiger partial charge on any atom is 0.194 e. The van der Waals surface area contributed by atoms with E-state index in [1.165, 1.54) is 0 Å². The molecule has 1 aromatic rings. The summed E-state index contributed by atoms with van der Waals surface area (Å²) in [7, 11) is -1.83. The molecule has 0 fully saturated rings. The Balaban J connectivity index is 2.50. The molecule has 0 amide bonds. The Morgan fingerprint density at radius 2 is 2.17 bits per heavy atom. The molecule has 1 atom stereocenters. The highest BCUT2D eigenvalue weighted by Crippen LogP contribution is 2.36. The second-order valence-corrected chi connectivity index (χ2v) is 10.8. The second kappa shape index (κ2) is 4.78. The number of nitrogens with zero attached hydrogens (tertiary/aromatic N) is 1. The lowest BCUT2D eigenvalue weighted by molar-refractivity contribution is -0.0241. The van der Waals surface area contributed by atoms with E-state index in [9.17, 15) is 5.26 Å². The molecule has 0 aliphatic carbocycles. The van der Waals surface area contributed by atoms with Gasteiger partial charge in [0.15, 0.2) is 13.9 Å². The van der Waals surface area contributed by atoms with Gasteiger partial charge in [-0.1, -0.05) is 22.0 Å². The van der Waals surface area contributed by atoms with Crippen molar-refractivity contribution >= 4 is 24.2 Å². The summed E-state index contributed by atoms with van der Waals surface area (Å²) in [6.45, 7) is 7.09. The summed E-state index contributed by atoms with van der Waals surface area (Å²) in [5.74, 6) is 0. The molecule has 0 bridgehead atoms. The number of hydrogen-bond donors (Lipinski definition) is 0. The van der Waals surface area contributed by atoms with Crippen molar-refractivity contribution in [1.29, 1.82) is 5.26 Å². The molecular formula is C13H16BrNO2Si. The number of hydrogen-bond acceptors (Lipinski definition) is 3. The molecule has 5 heteroatoms. The van der Waals surface area contributed by atoms with Crippen LogP contribution in [-0.2, 0) is 21.4 Å². The molecule has 0 spiro atoms. The van der Waals surface area contributed by atoms with Crippen molar-refractivity contribution in [3.05, 3.63) is 33.8 Å². The van der Waals surface area contributed by atoms with Crippen molar-refractivity contribution in [2.75, 3.05) is 6.61 Å². The first-order valence-corrected chi connectivity index (χ1v) is 10.0. The third-order valence-corrected chi connectivity index (χ3v) is 4.18. The minimum atomic E-state index is -1.83. The number of ether oxygens (including phenoxy) is 1. The van der Waals surface area contributed by atoms with Gasteiger partial charge < -0.3 is 9.16 Å². The van der Waals surface area contributed by atoms with Crippen LogP contribution in [-0.4, -0.2) is 14.9 Å². The predicted octanol–water partition coefficient (Wildman–Crippen LogP) is 3.55. The van der Waals surface area contributed by atoms with E-state index in [2.05, 4.69) is 41.6 Å². The van der Waals surface area contributed by atoms with Gasteiger partial charge in [-0.15, -0.1) is 0 Å². The zero-order chi connectivity index (χ0) is 13.4. The predicted molar refractivity (Wildman–Crippen MR) is 75.5 cm³/mol. The normalized spacial score (nSPS) is 23.3. The van der Waals surface area contributed by atoms with Gasteiger partial charge in [-0.3, -0.25) is 0 Å². The number of rotatable bonds is 2. The number of fused-ring (bicyclic) bond motifs is 1. The Morgan fingerprint density at radius 1 is 1.44 bits per heavy atom. The SMILES string of the molecule is C[Si](C)(C)O[C@]1(C#N)COCc2cc(Br)ccc21. The van der Waals surface area contributed by atoms with Crippen LogP contribution >= 0.6 is 15.9 Å². The lowest BCUT2D eigenvalue weighted by atomic mass is 9.90. The summed E-state index contributed by atoms with van der Waals surface area (Å²) in [4.78, 5) is 0. The van der Waals surface area contributed by atoms with E-state index in [0.717, 1.165) is 15.6 Å². The van der Waals surface area contributed by atoms with Gasteiger partial charge in [0.05, 0.1) is 13.2 Å². The molecule has 0 radical (unpaired) electrons. The second-order valence-electron chi connectivity index (χ2n) is 5.45. The Bertz CT molecular complexity index is 507. The Hall–Kier alpha value is -0.673. The minimum Gasteiger partial charge on any atom is -0.395 e. The molecule has 3 nitrogen and oxygen atoms in total. The lowest BCUT2D eigenvalue weighted by Crippen LogP contribution is -2.45. The molecule has 0 saturated carbocycles. The maximum atomic E-state index is 9.58. The molecule has 18 heavy (non-hydrogen) atoms. The molecule has 1 aromatic carbocycles. The highest BCUT2D eigenvalue weighted by molar-refractivity contribution is 9.10. The number of nitriles is 1. The zero-order valence-electron chi connectivity index (χ0n) is 10.8. The van der Waals surface area contributed by atoms with Crippen molar-refractivity contribution < 1.29 is 9.16 Å². The lowest BCUT2D eigenvalue weighted by Gasteiger charge is -2.37. The standard InChI is InChI=1S/C13H16BrNO2Si/c1-18(2,3)17-13(8-15)9-16-7-10-6-11(14)4-5-12(10)13/h4-6H,7,9H2,1-3H3/t13-/m1/s1. The Labute approximate surface area is 117 Å². The first-order valence-electron chi connectivity index (χ1n) is 5.84. The average molecular weight is 326 g/mol. The third-order valence-electron chi connectivity index (χ3n) is 2.73.